The molecule has 1 aromatic rings. The van der Waals surface area contributed by atoms with E-state index in [0.29, 0.717) is 0 Å². The van der Waals surface area contributed by atoms with E-state index in [-0.39, 0.29) is 6.54 Å². The van der Waals surface area contributed by atoms with E-state index in [9.17, 15) is 4.79 Å². The van der Waals surface area contributed by atoms with E-state index in [1.807, 2.05) is 0 Å². The summed E-state index contributed by atoms with van der Waals surface area (Å²) in [6.07, 6.45) is 5.49. The lowest BCUT2D eigenvalue weighted by Crippen LogP contribution is -2.06. The van der Waals surface area contributed by atoms with Crippen LogP contribution < -0.4 is 0 Å². The average molecular weight is 125 g/mol. The van der Waals surface area contributed by atoms with Crippen LogP contribution in [0.25, 0.3) is 0 Å². The molecule has 0 amide bonds. The highest BCUT2D eigenvalue weighted by Crippen LogP contribution is 1.82. The van der Waals surface area contributed by atoms with Crippen molar-refractivity contribution in [2.75, 3.05) is 0 Å². The second-order valence-corrected chi connectivity index (χ2v) is 1.55. The molecule has 0 saturated heterocycles. The highest BCUT2D eigenvalue weighted by Gasteiger charge is 1.95. The van der Waals surface area contributed by atoms with Crippen molar-refractivity contribution >= 4 is 5.97 Å². The molecule has 1 heterocycles. The number of carboxylic acid groups (broad SMARTS) is 1. The molecule has 1 N–H and O–H groups in total. The van der Waals surface area contributed by atoms with Crippen LogP contribution in [0.4, 0.5) is 0 Å². The highest BCUT2D eigenvalue weighted by molar-refractivity contribution is 5.66. The van der Waals surface area contributed by atoms with Crippen LogP contribution in [-0.2, 0) is 11.3 Å². The van der Waals surface area contributed by atoms with Gasteiger partial charge in [0.05, 0.1) is 0 Å². The number of carboxylic acids is 1. The fourth-order valence-corrected chi connectivity index (χ4v) is 0.488. The van der Waals surface area contributed by atoms with Gasteiger partial charge in [0.1, 0.15) is 6.54 Å². The van der Waals surface area contributed by atoms with Crippen LogP contribution >= 0.6 is 0 Å². The summed E-state index contributed by atoms with van der Waals surface area (Å²) in [5.41, 5.74) is 0. The van der Waals surface area contributed by atoms with Crippen LogP contribution in [0.15, 0.2) is 12.4 Å². The van der Waals surface area contributed by atoms with Crippen molar-refractivity contribution in [3.63, 3.8) is 0 Å². The summed E-state index contributed by atoms with van der Waals surface area (Å²) in [5, 5.41) is 8.22. The molecule has 1 radical (unpaired) electrons. The van der Waals surface area contributed by atoms with Gasteiger partial charge in [-0.2, -0.15) is 0 Å². The fraction of sp³-hybridized carbons (Fsp3) is 0.200. The minimum Gasteiger partial charge on any atom is -0.480 e. The van der Waals surface area contributed by atoms with Gasteiger partial charge >= 0.3 is 5.97 Å². The number of imidazole rings is 1. The van der Waals surface area contributed by atoms with Crippen molar-refractivity contribution in [3.05, 3.63) is 18.7 Å². The standard InChI is InChI=1S/C5H5N2O2/c8-5(9)3-7-2-1-6-4-7/h1-2H,3H2,(H,8,9). The summed E-state index contributed by atoms with van der Waals surface area (Å²) >= 11 is 0. The third-order valence-electron chi connectivity index (χ3n) is 0.813. The molecular weight excluding hydrogens is 120 g/mol. The van der Waals surface area contributed by atoms with Gasteiger partial charge < -0.3 is 9.67 Å². The Morgan fingerprint density at radius 1 is 1.89 bits per heavy atom. The molecule has 1 rings (SSSR count). The molecule has 0 atom stereocenters. The van der Waals surface area contributed by atoms with E-state index in [1.54, 1.807) is 6.20 Å². The first-order valence-corrected chi connectivity index (χ1v) is 2.39. The zero-order valence-corrected chi connectivity index (χ0v) is 4.61. The van der Waals surface area contributed by atoms with Crippen LogP contribution in [-0.4, -0.2) is 20.6 Å². The summed E-state index contributed by atoms with van der Waals surface area (Å²) in [6.45, 7) is -0.0694. The molecule has 0 aliphatic carbocycles. The van der Waals surface area contributed by atoms with Gasteiger partial charge in [0, 0.05) is 12.4 Å². The van der Waals surface area contributed by atoms with Crippen molar-refractivity contribution in [3.8, 4) is 0 Å². The molecule has 9 heavy (non-hydrogen) atoms. The van der Waals surface area contributed by atoms with Crippen LogP contribution in [0.1, 0.15) is 0 Å². The maximum Gasteiger partial charge on any atom is 0.323 e. The molecule has 0 aromatic carbocycles. The van der Waals surface area contributed by atoms with Gasteiger partial charge in [-0.05, 0) is 0 Å². The van der Waals surface area contributed by atoms with Crippen LogP contribution in [0.3, 0.4) is 0 Å². The first kappa shape index (κ1) is 5.81. The number of aromatic nitrogens is 2. The Bertz CT molecular complexity index is 193. The number of aliphatic carboxylic acids is 1. The normalized spacial score (nSPS) is 9.33. The lowest BCUT2D eigenvalue weighted by atomic mass is 10.6. The summed E-state index contributed by atoms with van der Waals surface area (Å²) < 4.78 is 1.36. The topological polar surface area (TPSA) is 55.1 Å². The monoisotopic (exact) mass is 125 g/mol. The predicted octanol–water partition coefficient (Wildman–Crippen LogP) is -0.232. The zero-order valence-electron chi connectivity index (χ0n) is 4.61. The predicted molar refractivity (Wildman–Crippen MR) is 28.7 cm³/mol. The summed E-state index contributed by atoms with van der Waals surface area (Å²) in [6, 6.07) is 0. The molecule has 0 bridgehead atoms. The largest absolute Gasteiger partial charge is 0.480 e. The van der Waals surface area contributed by atoms with Crippen molar-refractivity contribution in [1.29, 1.82) is 0 Å². The molecule has 0 fully saturated rings. The Morgan fingerprint density at radius 2 is 2.67 bits per heavy atom. The van der Waals surface area contributed by atoms with Gasteiger partial charge in [0.2, 0.25) is 0 Å². The smallest absolute Gasteiger partial charge is 0.323 e. The Labute approximate surface area is 51.8 Å². The summed E-state index contributed by atoms with van der Waals surface area (Å²) in [7, 11) is 0. The maximum absolute atomic E-state index is 10.00. The molecule has 4 heteroatoms. The molecule has 0 aliphatic rings. The van der Waals surface area contributed by atoms with Crippen molar-refractivity contribution in [1.82, 2.24) is 9.55 Å². The first-order chi connectivity index (χ1) is 4.29. The van der Waals surface area contributed by atoms with Gasteiger partial charge in [-0.15, -0.1) is 0 Å². The van der Waals surface area contributed by atoms with Gasteiger partial charge in [-0.25, -0.2) is 4.98 Å². The van der Waals surface area contributed by atoms with E-state index >= 15 is 0 Å². The Kier molecular flexibility index (Phi) is 1.48. The number of rotatable bonds is 2. The minimum absolute atomic E-state index is 0.0694. The van der Waals surface area contributed by atoms with Gasteiger partial charge in [0.15, 0.2) is 6.33 Å². The molecule has 1 aromatic heterocycles. The molecule has 0 spiro atoms. The number of hydrogen-bond acceptors (Lipinski definition) is 2. The van der Waals surface area contributed by atoms with Crippen molar-refractivity contribution in [2.24, 2.45) is 0 Å². The van der Waals surface area contributed by atoms with Crippen molar-refractivity contribution in [2.45, 2.75) is 6.54 Å². The summed E-state index contributed by atoms with van der Waals surface area (Å²) in [4.78, 5) is 13.5. The van der Waals surface area contributed by atoms with Crippen LogP contribution in [0.5, 0.6) is 0 Å². The van der Waals surface area contributed by atoms with E-state index in [4.69, 9.17) is 5.11 Å². The molecule has 0 unspecified atom stereocenters. The summed E-state index contributed by atoms with van der Waals surface area (Å²) in [5.74, 6) is -0.885. The second kappa shape index (κ2) is 2.30. The van der Waals surface area contributed by atoms with Gasteiger partial charge in [-0.1, -0.05) is 0 Å². The fourth-order valence-electron chi connectivity index (χ4n) is 0.488. The minimum atomic E-state index is -0.885. The number of hydrogen-bond donors (Lipinski definition) is 1. The molecule has 4 nitrogen and oxygen atoms in total. The Balaban J connectivity index is 2.58. The molecule has 0 saturated carbocycles. The number of carbonyl (C=O) groups is 1. The van der Waals surface area contributed by atoms with Crippen molar-refractivity contribution < 1.29 is 9.90 Å². The van der Waals surface area contributed by atoms with Gasteiger partial charge in [0.25, 0.3) is 0 Å². The van der Waals surface area contributed by atoms with Gasteiger partial charge in [-0.3, -0.25) is 4.79 Å². The zero-order chi connectivity index (χ0) is 6.69. The number of nitrogens with zero attached hydrogens (tertiary/aromatic N) is 2. The Morgan fingerprint density at radius 3 is 3.11 bits per heavy atom. The molecule has 47 valence electrons. The van der Waals surface area contributed by atoms with Crippen LogP contribution in [0.2, 0.25) is 0 Å². The third kappa shape index (κ3) is 1.56. The average Bonchev–Trinajstić information content (AvgIpc) is 2.15. The molecule has 0 aliphatic heterocycles. The second-order valence-electron chi connectivity index (χ2n) is 1.55. The van der Waals surface area contributed by atoms with E-state index in [2.05, 4.69) is 11.3 Å². The maximum atomic E-state index is 10.00. The third-order valence-corrected chi connectivity index (χ3v) is 0.813. The van der Waals surface area contributed by atoms with E-state index < -0.39 is 5.97 Å². The lowest BCUT2D eigenvalue weighted by Gasteiger charge is -1.90. The van der Waals surface area contributed by atoms with E-state index in [0.717, 1.165) is 0 Å². The molecular formula is C5H5N2O2. The highest BCUT2D eigenvalue weighted by atomic mass is 16.4. The van der Waals surface area contributed by atoms with E-state index in [1.165, 1.54) is 10.8 Å². The Hall–Kier alpha value is -1.32. The quantitative estimate of drug-likeness (QED) is 0.593. The van der Waals surface area contributed by atoms with Crippen LogP contribution in [0, 0.1) is 6.33 Å². The lowest BCUT2D eigenvalue weighted by molar-refractivity contribution is -0.137. The first-order valence-electron chi connectivity index (χ1n) is 2.39. The SMILES string of the molecule is O=C(O)Cn1[c]ncc1.